The Bertz CT molecular complexity index is 553. The molecule has 0 aliphatic rings. The number of hydrogen-bond donors (Lipinski definition) is 3. The standard InChI is InChI=1S/C30H56N2O3/c1-2-3-4-5-6-7-8-9-10-11-12-13-14-15-17-24-32(28-33)25-18-16-19-26-35-27-31-29-20-22-30(34)23-21-29/h20-23,31,33-34H,2-19,24-28H2,1H3. The molecule has 0 unspecified atom stereocenters. The zero-order chi connectivity index (χ0) is 25.2. The molecule has 5 heteroatoms. The molecule has 0 heterocycles. The van der Waals surface area contributed by atoms with Crippen LogP contribution in [0.3, 0.4) is 0 Å². The number of aliphatic hydroxyl groups is 1. The molecule has 1 rings (SSSR count). The number of aliphatic hydroxyl groups excluding tert-OH is 1. The van der Waals surface area contributed by atoms with Gasteiger partial charge in [-0.25, -0.2) is 0 Å². The van der Waals surface area contributed by atoms with Gasteiger partial charge in [-0.2, -0.15) is 0 Å². The number of nitrogens with one attached hydrogen (secondary N) is 1. The minimum absolute atomic E-state index is 0.172. The number of aromatic hydroxyl groups is 1. The second-order valence-corrected chi connectivity index (χ2v) is 10.0. The Balaban J connectivity index is 1.80. The van der Waals surface area contributed by atoms with E-state index in [0.29, 0.717) is 6.73 Å². The van der Waals surface area contributed by atoms with E-state index in [9.17, 15) is 10.2 Å². The first-order valence-electron chi connectivity index (χ1n) is 14.7. The SMILES string of the molecule is CCCCCCCCCCCCCCCCCN(CO)CCCCCOCNc1ccc(O)cc1. The molecular formula is C30H56N2O3. The summed E-state index contributed by atoms with van der Waals surface area (Å²) in [6.45, 7) is 5.66. The Morgan fingerprint density at radius 1 is 0.657 bits per heavy atom. The van der Waals surface area contributed by atoms with E-state index in [4.69, 9.17) is 4.74 Å². The van der Waals surface area contributed by atoms with E-state index in [1.54, 1.807) is 12.1 Å². The van der Waals surface area contributed by atoms with Crippen LogP contribution >= 0.6 is 0 Å². The molecule has 0 spiro atoms. The third-order valence-electron chi connectivity index (χ3n) is 6.79. The lowest BCUT2D eigenvalue weighted by molar-refractivity contribution is 0.101. The second-order valence-electron chi connectivity index (χ2n) is 10.0. The molecule has 1 aromatic rings. The summed E-state index contributed by atoms with van der Waals surface area (Å²) in [6, 6.07) is 6.99. The summed E-state index contributed by atoms with van der Waals surface area (Å²) in [5.74, 6) is 0.271. The van der Waals surface area contributed by atoms with Gasteiger partial charge in [0.1, 0.15) is 12.5 Å². The highest BCUT2D eigenvalue weighted by molar-refractivity contribution is 5.45. The van der Waals surface area contributed by atoms with Crippen molar-refractivity contribution in [2.24, 2.45) is 0 Å². The molecule has 204 valence electrons. The van der Waals surface area contributed by atoms with Crippen LogP contribution in [0.4, 0.5) is 5.69 Å². The van der Waals surface area contributed by atoms with Gasteiger partial charge in [-0.1, -0.05) is 96.8 Å². The molecule has 0 saturated heterocycles. The van der Waals surface area contributed by atoms with Crippen LogP contribution in [0.15, 0.2) is 24.3 Å². The molecule has 0 bridgehead atoms. The normalized spacial score (nSPS) is 11.4. The molecule has 0 aliphatic carbocycles. The van der Waals surface area contributed by atoms with E-state index in [1.165, 1.54) is 96.3 Å². The van der Waals surface area contributed by atoms with Crippen LogP contribution in [-0.2, 0) is 4.74 Å². The molecule has 0 fully saturated rings. The van der Waals surface area contributed by atoms with E-state index in [1.807, 2.05) is 12.1 Å². The molecule has 0 radical (unpaired) electrons. The van der Waals surface area contributed by atoms with Gasteiger partial charge in [0.05, 0.1) is 6.73 Å². The largest absolute Gasteiger partial charge is 0.508 e. The van der Waals surface area contributed by atoms with Crippen molar-refractivity contribution >= 4 is 5.69 Å². The average molecular weight is 493 g/mol. The molecule has 0 amide bonds. The van der Waals surface area contributed by atoms with Gasteiger partial charge in [0, 0.05) is 25.4 Å². The van der Waals surface area contributed by atoms with Crippen molar-refractivity contribution in [2.75, 3.05) is 38.5 Å². The van der Waals surface area contributed by atoms with Crippen LogP contribution in [0.5, 0.6) is 5.75 Å². The topological polar surface area (TPSA) is 65.0 Å². The number of hydrogen-bond acceptors (Lipinski definition) is 5. The van der Waals surface area contributed by atoms with Gasteiger partial charge in [-0.3, -0.25) is 4.90 Å². The maximum Gasteiger partial charge on any atom is 0.116 e. The molecule has 5 nitrogen and oxygen atoms in total. The van der Waals surface area contributed by atoms with Crippen molar-refractivity contribution in [3.63, 3.8) is 0 Å². The molecule has 0 aromatic heterocycles. The van der Waals surface area contributed by atoms with E-state index in [2.05, 4.69) is 17.1 Å². The Kier molecular flexibility index (Phi) is 22.1. The highest BCUT2D eigenvalue weighted by Gasteiger charge is 2.03. The Morgan fingerprint density at radius 3 is 1.60 bits per heavy atom. The number of phenolic OH excluding ortho intramolecular Hbond substituents is 1. The third-order valence-corrected chi connectivity index (χ3v) is 6.79. The number of anilines is 1. The first-order valence-corrected chi connectivity index (χ1v) is 14.7. The molecule has 0 saturated carbocycles. The van der Waals surface area contributed by atoms with Gasteiger partial charge in [0.25, 0.3) is 0 Å². The molecular weight excluding hydrogens is 436 g/mol. The molecule has 0 atom stereocenters. The smallest absolute Gasteiger partial charge is 0.116 e. The highest BCUT2D eigenvalue weighted by Crippen LogP contribution is 2.14. The maximum atomic E-state index is 9.62. The fourth-order valence-electron chi connectivity index (χ4n) is 4.46. The van der Waals surface area contributed by atoms with Gasteiger partial charge in [0.2, 0.25) is 0 Å². The van der Waals surface area contributed by atoms with Crippen LogP contribution in [0.2, 0.25) is 0 Å². The Morgan fingerprint density at radius 2 is 1.11 bits per heavy atom. The summed E-state index contributed by atoms with van der Waals surface area (Å²) in [4.78, 5) is 2.18. The van der Waals surface area contributed by atoms with Gasteiger partial charge < -0.3 is 20.3 Å². The van der Waals surface area contributed by atoms with E-state index in [0.717, 1.165) is 44.6 Å². The third kappa shape index (κ3) is 20.6. The first kappa shape index (κ1) is 31.7. The number of nitrogens with zero attached hydrogens (tertiary/aromatic N) is 1. The fraction of sp³-hybridized carbons (Fsp3) is 0.800. The van der Waals surface area contributed by atoms with Gasteiger partial charge in [0.15, 0.2) is 0 Å². The fourth-order valence-corrected chi connectivity index (χ4v) is 4.46. The first-order chi connectivity index (χ1) is 17.3. The zero-order valence-corrected chi connectivity index (χ0v) is 22.8. The quantitative estimate of drug-likeness (QED) is 0.0693. The lowest BCUT2D eigenvalue weighted by atomic mass is 10.0. The lowest BCUT2D eigenvalue weighted by Crippen LogP contribution is -2.27. The summed E-state index contributed by atoms with van der Waals surface area (Å²) in [5, 5.41) is 22.1. The van der Waals surface area contributed by atoms with Crippen molar-refractivity contribution < 1.29 is 14.9 Å². The van der Waals surface area contributed by atoms with Gasteiger partial charge >= 0.3 is 0 Å². The Labute approximate surface area is 216 Å². The predicted molar refractivity (Wildman–Crippen MR) is 150 cm³/mol. The van der Waals surface area contributed by atoms with Crippen molar-refractivity contribution in [2.45, 2.75) is 122 Å². The van der Waals surface area contributed by atoms with Crippen LogP contribution in [-0.4, -0.2) is 48.3 Å². The summed E-state index contributed by atoms with van der Waals surface area (Å²) in [5.41, 5.74) is 0.945. The van der Waals surface area contributed by atoms with Crippen LogP contribution in [0.25, 0.3) is 0 Å². The molecule has 35 heavy (non-hydrogen) atoms. The van der Waals surface area contributed by atoms with E-state index < -0.39 is 0 Å². The number of phenols is 1. The van der Waals surface area contributed by atoms with Crippen molar-refractivity contribution in [3.05, 3.63) is 24.3 Å². The van der Waals surface area contributed by atoms with Gasteiger partial charge in [-0.15, -0.1) is 0 Å². The second kappa shape index (κ2) is 24.4. The van der Waals surface area contributed by atoms with Crippen LogP contribution < -0.4 is 5.32 Å². The predicted octanol–water partition coefficient (Wildman–Crippen LogP) is 8.07. The number of unbranched alkanes of at least 4 members (excludes halogenated alkanes) is 16. The summed E-state index contributed by atoms with van der Waals surface area (Å²) in [7, 11) is 0. The maximum absolute atomic E-state index is 9.62. The minimum Gasteiger partial charge on any atom is -0.508 e. The lowest BCUT2D eigenvalue weighted by Gasteiger charge is -2.19. The molecule has 3 N–H and O–H groups in total. The number of ether oxygens (including phenoxy) is 1. The highest BCUT2D eigenvalue weighted by atomic mass is 16.5. The van der Waals surface area contributed by atoms with Gasteiger partial charge in [-0.05, 0) is 49.9 Å². The summed E-state index contributed by atoms with van der Waals surface area (Å²) in [6.07, 6.45) is 24.1. The van der Waals surface area contributed by atoms with Crippen LogP contribution in [0, 0.1) is 0 Å². The molecule has 1 aromatic carbocycles. The van der Waals surface area contributed by atoms with Crippen molar-refractivity contribution in [1.82, 2.24) is 4.90 Å². The molecule has 0 aliphatic heterocycles. The zero-order valence-electron chi connectivity index (χ0n) is 22.8. The average Bonchev–Trinajstić information content (AvgIpc) is 2.87. The summed E-state index contributed by atoms with van der Waals surface area (Å²) < 4.78 is 5.62. The van der Waals surface area contributed by atoms with E-state index in [-0.39, 0.29) is 12.5 Å². The van der Waals surface area contributed by atoms with Crippen LogP contribution in [0.1, 0.15) is 122 Å². The monoisotopic (exact) mass is 492 g/mol. The minimum atomic E-state index is 0.172. The Hall–Kier alpha value is -1.30. The number of benzene rings is 1. The summed E-state index contributed by atoms with van der Waals surface area (Å²) >= 11 is 0. The van der Waals surface area contributed by atoms with Crippen molar-refractivity contribution in [3.8, 4) is 5.75 Å². The number of rotatable bonds is 26. The van der Waals surface area contributed by atoms with Crippen molar-refractivity contribution in [1.29, 1.82) is 0 Å². The van der Waals surface area contributed by atoms with E-state index >= 15 is 0 Å².